The third-order valence-corrected chi connectivity index (χ3v) is 7.17. The highest BCUT2D eigenvalue weighted by molar-refractivity contribution is 5.88. The fourth-order valence-corrected chi connectivity index (χ4v) is 5.04. The van der Waals surface area contributed by atoms with Gasteiger partial charge in [0.1, 0.15) is 11.6 Å². The molecule has 0 saturated carbocycles. The molecule has 5 rings (SSSR count). The number of rotatable bonds is 7. The zero-order valence-corrected chi connectivity index (χ0v) is 20.0. The van der Waals surface area contributed by atoms with Crippen LogP contribution in [0.15, 0.2) is 18.2 Å². The lowest BCUT2D eigenvalue weighted by Gasteiger charge is -2.42. The molecule has 3 aliphatic rings. The molecule has 0 aliphatic carbocycles. The molecule has 2 N–H and O–H groups in total. The average Bonchev–Trinajstić information content (AvgIpc) is 2.84. The van der Waals surface area contributed by atoms with Gasteiger partial charge < -0.3 is 29.8 Å². The first-order valence-corrected chi connectivity index (χ1v) is 12.1. The molecule has 9 heteroatoms. The van der Waals surface area contributed by atoms with Crippen molar-refractivity contribution in [1.82, 2.24) is 14.9 Å². The first kappa shape index (κ1) is 23.0. The van der Waals surface area contributed by atoms with Crippen LogP contribution in [0.3, 0.4) is 0 Å². The summed E-state index contributed by atoms with van der Waals surface area (Å²) in [6, 6.07) is 7.14. The summed E-state index contributed by atoms with van der Waals surface area (Å²) in [5, 5.41) is 11.4. The van der Waals surface area contributed by atoms with Crippen LogP contribution in [0, 0.1) is 12.3 Å². The maximum Gasteiger partial charge on any atom is 0.320 e. The van der Waals surface area contributed by atoms with E-state index < -0.39 is 0 Å². The molecule has 4 heterocycles. The van der Waals surface area contributed by atoms with Crippen molar-refractivity contribution in [3.05, 3.63) is 34.9 Å². The van der Waals surface area contributed by atoms with Gasteiger partial charge in [-0.3, -0.25) is 4.90 Å². The summed E-state index contributed by atoms with van der Waals surface area (Å²) >= 11 is 0. The second-order valence-electron chi connectivity index (χ2n) is 9.26. The number of aromatic nitrogens is 2. The van der Waals surface area contributed by atoms with E-state index in [1.54, 1.807) is 7.11 Å². The van der Waals surface area contributed by atoms with Crippen molar-refractivity contribution in [3.63, 3.8) is 0 Å². The average molecular weight is 467 g/mol. The Kier molecular flexibility index (Phi) is 6.94. The smallest absolute Gasteiger partial charge is 0.320 e. The molecule has 182 valence electrons. The Balaban J connectivity index is 1.38. The van der Waals surface area contributed by atoms with E-state index in [9.17, 15) is 0 Å². The van der Waals surface area contributed by atoms with E-state index in [1.165, 1.54) is 17.3 Å². The molecule has 0 amide bonds. The summed E-state index contributed by atoms with van der Waals surface area (Å²) < 4.78 is 16.3. The van der Waals surface area contributed by atoms with Crippen molar-refractivity contribution < 1.29 is 14.2 Å². The minimum Gasteiger partial charge on any atom is -0.467 e. The van der Waals surface area contributed by atoms with Gasteiger partial charge >= 0.3 is 6.01 Å². The molecule has 0 atom stereocenters. The molecule has 3 fully saturated rings. The van der Waals surface area contributed by atoms with E-state index in [4.69, 9.17) is 19.6 Å². The number of ether oxygens (including phenoxy) is 3. The van der Waals surface area contributed by atoms with Crippen LogP contribution in [0.1, 0.15) is 35.4 Å². The first-order chi connectivity index (χ1) is 16.6. The molecule has 1 aromatic heterocycles. The summed E-state index contributed by atoms with van der Waals surface area (Å²) in [5.74, 6) is 2.00. The van der Waals surface area contributed by atoms with Crippen LogP contribution in [0.4, 0.5) is 17.3 Å². The van der Waals surface area contributed by atoms with Crippen LogP contribution >= 0.6 is 0 Å². The van der Waals surface area contributed by atoms with Crippen molar-refractivity contribution in [2.24, 2.45) is 0 Å². The van der Waals surface area contributed by atoms with E-state index in [0.29, 0.717) is 23.8 Å². The Morgan fingerprint density at radius 3 is 2.47 bits per heavy atom. The predicted octanol–water partition coefficient (Wildman–Crippen LogP) is 2.95. The summed E-state index contributed by atoms with van der Waals surface area (Å²) in [6.07, 6.45) is 3.44. The molecule has 0 radical (unpaired) electrons. The highest BCUT2D eigenvalue weighted by Gasteiger charge is 2.29. The minimum absolute atomic E-state index is 0.336. The maximum absolute atomic E-state index is 7.95. The minimum atomic E-state index is 0.336. The number of hydrogen-bond acceptors (Lipinski definition) is 9. The predicted molar refractivity (Wildman–Crippen MR) is 132 cm³/mol. The van der Waals surface area contributed by atoms with E-state index in [1.807, 2.05) is 6.07 Å². The zero-order valence-electron chi connectivity index (χ0n) is 20.0. The number of nitrogens with one attached hydrogen (secondary N) is 2. The fraction of sp³-hybridized carbons (Fsp3) is 0.560. The van der Waals surface area contributed by atoms with Gasteiger partial charge in [0.2, 0.25) is 0 Å². The summed E-state index contributed by atoms with van der Waals surface area (Å²) in [4.78, 5) is 14.0. The number of aryl methyl sites for hydroxylation is 1. The van der Waals surface area contributed by atoms with E-state index in [2.05, 4.69) is 44.1 Å². The molecule has 9 nitrogen and oxygen atoms in total. The van der Waals surface area contributed by atoms with Crippen molar-refractivity contribution >= 4 is 23.5 Å². The normalized spacial score (nSPS) is 20.1. The van der Waals surface area contributed by atoms with Gasteiger partial charge in [-0.05, 0) is 48.9 Å². The standard InChI is InChI=1S/C25H34N6O3/c1-17-11-19(14-26)22(12-21(17)18-3-9-33-10-4-18)27-23-13-24(29-25(28-23)32-2)31-7-5-30(6-8-31)20-15-34-16-20/h11-14,18,20,26H,3-10,15-16H2,1-2H3,(H,27,28,29). The molecular weight excluding hydrogens is 432 g/mol. The second-order valence-corrected chi connectivity index (χ2v) is 9.26. The Bertz CT molecular complexity index is 1010. The lowest BCUT2D eigenvalue weighted by molar-refractivity contribution is -0.0661. The van der Waals surface area contributed by atoms with Gasteiger partial charge in [-0.25, -0.2) is 0 Å². The lowest BCUT2D eigenvalue weighted by Crippen LogP contribution is -2.56. The van der Waals surface area contributed by atoms with Gasteiger partial charge in [0.15, 0.2) is 0 Å². The fourth-order valence-electron chi connectivity index (χ4n) is 5.04. The molecule has 3 saturated heterocycles. The molecule has 0 unspecified atom stereocenters. The first-order valence-electron chi connectivity index (χ1n) is 12.1. The molecule has 1 aromatic carbocycles. The van der Waals surface area contributed by atoms with Gasteiger partial charge in [0, 0.05) is 62.9 Å². The Morgan fingerprint density at radius 2 is 1.82 bits per heavy atom. The molecular formula is C25H34N6O3. The van der Waals surface area contributed by atoms with Crippen LogP contribution < -0.4 is 15.0 Å². The van der Waals surface area contributed by atoms with Gasteiger partial charge in [-0.1, -0.05) is 0 Å². The third-order valence-electron chi connectivity index (χ3n) is 7.17. The monoisotopic (exact) mass is 466 g/mol. The van der Waals surface area contributed by atoms with Gasteiger partial charge in [0.05, 0.1) is 26.4 Å². The quantitative estimate of drug-likeness (QED) is 0.602. The number of benzene rings is 1. The van der Waals surface area contributed by atoms with Gasteiger partial charge in [-0.2, -0.15) is 9.97 Å². The number of methoxy groups -OCH3 is 1. The second kappa shape index (κ2) is 10.2. The van der Waals surface area contributed by atoms with Crippen molar-refractivity contribution in [2.75, 3.05) is 69.9 Å². The number of anilines is 3. The zero-order chi connectivity index (χ0) is 23.5. The van der Waals surface area contributed by atoms with Gasteiger partial charge in [-0.15, -0.1) is 0 Å². The van der Waals surface area contributed by atoms with Crippen molar-refractivity contribution in [2.45, 2.75) is 31.7 Å². The topological polar surface area (TPSA) is 95.8 Å². The Morgan fingerprint density at radius 1 is 1.06 bits per heavy atom. The van der Waals surface area contributed by atoms with E-state index in [-0.39, 0.29) is 0 Å². The largest absolute Gasteiger partial charge is 0.467 e. The Hall–Kier alpha value is -2.75. The molecule has 2 aromatic rings. The molecule has 3 aliphatic heterocycles. The van der Waals surface area contributed by atoms with Crippen LogP contribution in [-0.4, -0.2) is 86.8 Å². The van der Waals surface area contributed by atoms with E-state index in [0.717, 1.165) is 82.5 Å². The van der Waals surface area contributed by atoms with Crippen LogP contribution in [0.5, 0.6) is 6.01 Å². The summed E-state index contributed by atoms with van der Waals surface area (Å²) in [6.45, 7) is 9.21. The highest BCUT2D eigenvalue weighted by atomic mass is 16.5. The number of nitrogens with zero attached hydrogens (tertiary/aromatic N) is 4. The lowest BCUT2D eigenvalue weighted by atomic mass is 9.87. The number of hydrogen-bond donors (Lipinski definition) is 2. The van der Waals surface area contributed by atoms with E-state index >= 15 is 0 Å². The SMILES string of the molecule is COc1nc(Nc2cc(C3CCOCC3)c(C)cc2C=N)cc(N2CCN(C3COC3)CC2)n1. The third kappa shape index (κ3) is 4.87. The molecule has 0 spiro atoms. The van der Waals surface area contributed by atoms with Crippen LogP contribution in [0.2, 0.25) is 0 Å². The van der Waals surface area contributed by atoms with Crippen molar-refractivity contribution in [3.8, 4) is 6.01 Å². The molecule has 0 bridgehead atoms. The Labute approximate surface area is 200 Å². The van der Waals surface area contributed by atoms with Crippen LogP contribution in [-0.2, 0) is 9.47 Å². The summed E-state index contributed by atoms with van der Waals surface area (Å²) in [5.41, 5.74) is 4.24. The highest BCUT2D eigenvalue weighted by Crippen LogP contribution is 2.34. The van der Waals surface area contributed by atoms with Gasteiger partial charge in [0.25, 0.3) is 0 Å². The summed E-state index contributed by atoms with van der Waals surface area (Å²) in [7, 11) is 1.59. The number of piperazine rings is 1. The molecule has 34 heavy (non-hydrogen) atoms. The van der Waals surface area contributed by atoms with Crippen molar-refractivity contribution in [1.29, 1.82) is 5.41 Å². The maximum atomic E-state index is 7.95. The van der Waals surface area contributed by atoms with Crippen LogP contribution in [0.25, 0.3) is 0 Å².